The third-order valence-electron chi connectivity index (χ3n) is 11.6. The molecule has 0 fully saturated rings. The third kappa shape index (κ3) is 4.52. The second kappa shape index (κ2) is 11.8. The second-order valence-electron chi connectivity index (χ2n) is 14.9. The lowest BCUT2D eigenvalue weighted by molar-refractivity contribution is 0.660. The summed E-state index contributed by atoms with van der Waals surface area (Å²) in [7, 11) is 0. The van der Waals surface area contributed by atoms with Crippen LogP contribution in [0.4, 0.5) is 17.1 Å². The van der Waals surface area contributed by atoms with Crippen LogP contribution in [0.5, 0.6) is 0 Å². The molecule has 8 aromatic carbocycles. The summed E-state index contributed by atoms with van der Waals surface area (Å²) in [5.41, 5.74) is 14.9. The second-order valence-corrected chi connectivity index (χ2v) is 15.9. The number of para-hydroxylation sites is 2. The van der Waals surface area contributed by atoms with E-state index in [0.717, 1.165) is 22.7 Å². The first-order valence-electron chi connectivity index (χ1n) is 18.7. The lowest BCUT2D eigenvalue weighted by Crippen LogP contribution is -2.16. The number of rotatable bonds is 5. The van der Waals surface area contributed by atoms with Crippen molar-refractivity contribution in [1.82, 2.24) is 4.57 Å². The van der Waals surface area contributed by atoms with Crippen LogP contribution in [0.3, 0.4) is 0 Å². The van der Waals surface area contributed by atoms with Crippen LogP contribution in [0, 0.1) is 0 Å². The molecule has 2 nitrogen and oxygen atoms in total. The van der Waals surface area contributed by atoms with Crippen molar-refractivity contribution in [2.45, 2.75) is 19.3 Å². The molecule has 10 aromatic rings. The smallest absolute Gasteiger partial charge is 0.0555 e. The maximum Gasteiger partial charge on any atom is 0.0555 e. The Balaban J connectivity index is 1.06. The van der Waals surface area contributed by atoms with Gasteiger partial charge in [0.2, 0.25) is 0 Å². The molecule has 2 aromatic heterocycles. The van der Waals surface area contributed by atoms with Crippen molar-refractivity contribution in [1.29, 1.82) is 0 Å². The van der Waals surface area contributed by atoms with E-state index in [0.29, 0.717) is 0 Å². The van der Waals surface area contributed by atoms with Gasteiger partial charge in [0.15, 0.2) is 0 Å². The van der Waals surface area contributed by atoms with Crippen molar-refractivity contribution < 1.29 is 0 Å². The molecule has 0 radical (unpaired) electrons. The molecule has 0 saturated carbocycles. The maximum atomic E-state index is 2.44. The SMILES string of the molecule is CC1(C)c2ccccc2-c2ccc(N(c3ccccc3)c3ccc(-n4c5ccccc5c5c6sc7c(-c8ccccc8)cccc7c6ccc54)cc3)cc21. The largest absolute Gasteiger partial charge is 0.310 e. The first kappa shape index (κ1) is 31.1. The van der Waals surface area contributed by atoms with Crippen molar-refractivity contribution in [3.05, 3.63) is 193 Å². The van der Waals surface area contributed by atoms with Crippen LogP contribution in [0.25, 0.3) is 69.9 Å². The molecule has 256 valence electrons. The van der Waals surface area contributed by atoms with Gasteiger partial charge in [-0.15, -0.1) is 11.3 Å². The molecule has 0 atom stereocenters. The van der Waals surface area contributed by atoms with E-state index in [-0.39, 0.29) is 5.41 Å². The molecule has 0 spiro atoms. The van der Waals surface area contributed by atoms with Gasteiger partial charge in [0.05, 0.1) is 11.0 Å². The van der Waals surface area contributed by atoms with E-state index >= 15 is 0 Å². The standard InChI is InChI=1S/C51H36N2S/c1-51(2)44-22-11-9-18-39(44)40-29-28-37(32-45(40)51)52(34-16-7-4-8-17-34)35-24-26-36(27-25-35)53-46-23-12-10-19-43(46)48-47(53)31-30-42-41-21-13-20-38(49(41)54-50(42)48)33-14-5-3-6-15-33/h3-32H,1-2H3. The third-order valence-corrected chi connectivity index (χ3v) is 12.9. The lowest BCUT2D eigenvalue weighted by Gasteiger charge is -2.28. The van der Waals surface area contributed by atoms with Crippen molar-refractivity contribution in [2.24, 2.45) is 0 Å². The topological polar surface area (TPSA) is 8.17 Å². The minimum Gasteiger partial charge on any atom is -0.310 e. The number of nitrogens with zero attached hydrogens (tertiary/aromatic N) is 2. The van der Waals surface area contributed by atoms with E-state index < -0.39 is 0 Å². The van der Waals surface area contributed by atoms with E-state index in [4.69, 9.17) is 0 Å². The molecular weight excluding hydrogens is 673 g/mol. The molecule has 0 saturated heterocycles. The first-order valence-corrected chi connectivity index (χ1v) is 19.5. The van der Waals surface area contributed by atoms with Crippen LogP contribution in [0.1, 0.15) is 25.0 Å². The van der Waals surface area contributed by atoms with Crippen LogP contribution in [-0.2, 0) is 5.41 Å². The van der Waals surface area contributed by atoms with Gasteiger partial charge in [-0.3, -0.25) is 0 Å². The summed E-state index contributed by atoms with van der Waals surface area (Å²) in [5.74, 6) is 0. The van der Waals surface area contributed by atoms with Crippen molar-refractivity contribution in [3.8, 4) is 27.9 Å². The number of benzene rings is 8. The summed E-state index contributed by atoms with van der Waals surface area (Å²) in [5, 5.41) is 5.24. The highest BCUT2D eigenvalue weighted by Crippen LogP contribution is 2.51. The fourth-order valence-corrected chi connectivity index (χ4v) is 10.4. The van der Waals surface area contributed by atoms with Gasteiger partial charge in [0.1, 0.15) is 0 Å². The average Bonchev–Trinajstić information content (AvgIpc) is 3.85. The van der Waals surface area contributed by atoms with Gasteiger partial charge in [-0.05, 0) is 94.0 Å². The highest BCUT2D eigenvalue weighted by atomic mass is 32.1. The van der Waals surface area contributed by atoms with Gasteiger partial charge >= 0.3 is 0 Å². The van der Waals surface area contributed by atoms with E-state index in [1.807, 2.05) is 11.3 Å². The van der Waals surface area contributed by atoms with Gasteiger partial charge in [-0.1, -0.05) is 135 Å². The number of thiophene rings is 1. The van der Waals surface area contributed by atoms with Crippen molar-refractivity contribution in [3.63, 3.8) is 0 Å². The van der Waals surface area contributed by atoms with Crippen molar-refractivity contribution >= 4 is 70.4 Å². The quantitative estimate of drug-likeness (QED) is 0.173. The van der Waals surface area contributed by atoms with Gasteiger partial charge in [0, 0.05) is 59.1 Å². The predicted octanol–water partition coefficient (Wildman–Crippen LogP) is 14.6. The molecule has 3 heteroatoms. The zero-order valence-electron chi connectivity index (χ0n) is 30.1. The van der Waals surface area contributed by atoms with Crippen LogP contribution in [-0.4, -0.2) is 4.57 Å². The molecule has 0 N–H and O–H groups in total. The van der Waals surface area contributed by atoms with E-state index in [9.17, 15) is 0 Å². The molecule has 0 bridgehead atoms. The molecule has 0 aliphatic heterocycles. The summed E-state index contributed by atoms with van der Waals surface area (Å²) in [4.78, 5) is 2.39. The van der Waals surface area contributed by atoms with Gasteiger partial charge in [-0.2, -0.15) is 0 Å². The monoisotopic (exact) mass is 708 g/mol. The zero-order valence-corrected chi connectivity index (χ0v) is 30.9. The highest BCUT2D eigenvalue weighted by Gasteiger charge is 2.35. The predicted molar refractivity (Wildman–Crippen MR) is 231 cm³/mol. The Labute approximate surface area is 318 Å². The summed E-state index contributed by atoms with van der Waals surface area (Å²) >= 11 is 1.92. The Bertz CT molecular complexity index is 3060. The number of anilines is 3. The molecule has 0 amide bonds. The normalized spacial score (nSPS) is 13.1. The Hall–Kier alpha value is -6.42. The molecule has 2 heterocycles. The summed E-state index contributed by atoms with van der Waals surface area (Å²) in [6.45, 7) is 4.70. The maximum absolute atomic E-state index is 2.44. The summed E-state index contributed by atoms with van der Waals surface area (Å²) < 4.78 is 5.12. The highest BCUT2D eigenvalue weighted by molar-refractivity contribution is 7.27. The van der Waals surface area contributed by atoms with Crippen LogP contribution >= 0.6 is 11.3 Å². The minimum absolute atomic E-state index is 0.0758. The minimum atomic E-state index is -0.0758. The average molecular weight is 709 g/mol. The summed E-state index contributed by atoms with van der Waals surface area (Å²) in [6, 6.07) is 66.8. The van der Waals surface area contributed by atoms with Crippen LogP contribution < -0.4 is 4.90 Å². The Morgan fingerprint density at radius 3 is 1.91 bits per heavy atom. The van der Waals surface area contributed by atoms with Gasteiger partial charge in [0.25, 0.3) is 0 Å². The summed E-state index contributed by atoms with van der Waals surface area (Å²) in [6.07, 6.45) is 0. The molecule has 1 aliphatic carbocycles. The van der Waals surface area contributed by atoms with E-state index in [1.165, 1.54) is 75.4 Å². The molecule has 11 rings (SSSR count). The lowest BCUT2D eigenvalue weighted by atomic mass is 9.82. The van der Waals surface area contributed by atoms with Crippen molar-refractivity contribution in [2.75, 3.05) is 4.90 Å². The fraction of sp³-hybridized carbons (Fsp3) is 0.0588. The van der Waals surface area contributed by atoms with E-state index in [2.05, 4.69) is 205 Å². The van der Waals surface area contributed by atoms with Gasteiger partial charge in [-0.25, -0.2) is 0 Å². The number of fused-ring (bicyclic) bond motifs is 10. The molecule has 1 aliphatic rings. The number of aromatic nitrogens is 1. The Morgan fingerprint density at radius 2 is 1.07 bits per heavy atom. The van der Waals surface area contributed by atoms with Gasteiger partial charge < -0.3 is 9.47 Å². The Kier molecular flexibility index (Phi) is 6.80. The number of hydrogen-bond acceptors (Lipinski definition) is 2. The fourth-order valence-electron chi connectivity index (χ4n) is 9.04. The molecule has 0 unspecified atom stereocenters. The molecular formula is C51H36N2S. The number of hydrogen-bond donors (Lipinski definition) is 0. The zero-order chi connectivity index (χ0) is 36.0. The first-order chi connectivity index (χ1) is 26.6. The van der Waals surface area contributed by atoms with E-state index in [1.54, 1.807) is 0 Å². The van der Waals surface area contributed by atoms with Crippen LogP contribution in [0.2, 0.25) is 0 Å². The Morgan fingerprint density at radius 1 is 0.444 bits per heavy atom. The molecule has 54 heavy (non-hydrogen) atoms. The van der Waals surface area contributed by atoms with Crippen LogP contribution in [0.15, 0.2) is 182 Å².